The highest BCUT2D eigenvalue weighted by Crippen LogP contribution is 2.24. The summed E-state index contributed by atoms with van der Waals surface area (Å²) in [5, 5.41) is 10.6. The summed E-state index contributed by atoms with van der Waals surface area (Å²) in [6.07, 6.45) is 1.17. The number of nitro benzene ring substituents is 1. The smallest absolute Gasteiger partial charge is 0.308 e. The topological polar surface area (TPSA) is 98.9 Å². The first-order chi connectivity index (χ1) is 8.58. The van der Waals surface area contributed by atoms with E-state index in [1.54, 1.807) is 6.07 Å². The Bertz CT molecular complexity index is 508. The van der Waals surface area contributed by atoms with Crippen molar-refractivity contribution in [2.24, 2.45) is 4.99 Å². The van der Waals surface area contributed by atoms with Gasteiger partial charge in [0.05, 0.1) is 24.5 Å². The number of ether oxygens (including phenoxy) is 1. The Labute approximate surface area is 102 Å². The summed E-state index contributed by atoms with van der Waals surface area (Å²) in [6.45, 7) is 0. The summed E-state index contributed by atoms with van der Waals surface area (Å²) in [7, 11) is 1.21. The van der Waals surface area contributed by atoms with Gasteiger partial charge in [-0.15, -0.1) is 0 Å². The second-order valence-corrected chi connectivity index (χ2v) is 3.37. The lowest BCUT2D eigenvalue weighted by atomic mass is 10.0. The molecule has 0 radical (unpaired) electrons. The molecule has 0 aromatic heterocycles. The molecule has 1 aromatic carbocycles. The van der Waals surface area contributed by atoms with Gasteiger partial charge in [-0.3, -0.25) is 14.9 Å². The molecule has 94 valence electrons. The molecule has 1 rings (SSSR count). The number of benzene rings is 1. The van der Waals surface area contributed by atoms with Gasteiger partial charge in [-0.2, -0.15) is 4.99 Å². The molecule has 0 aliphatic heterocycles. The Balaban J connectivity index is 3.05. The number of methoxy groups -OCH3 is 1. The molecule has 18 heavy (non-hydrogen) atoms. The van der Waals surface area contributed by atoms with Crippen LogP contribution in [0.15, 0.2) is 29.3 Å². The fourth-order valence-corrected chi connectivity index (χ4v) is 1.39. The monoisotopic (exact) mass is 250 g/mol. The molecule has 1 unspecified atom stereocenters. The van der Waals surface area contributed by atoms with E-state index in [4.69, 9.17) is 0 Å². The fraction of sp³-hybridized carbons (Fsp3) is 0.273. The number of carbonyl (C=O) groups is 1. The van der Waals surface area contributed by atoms with Gasteiger partial charge in [-0.25, -0.2) is 4.79 Å². The lowest BCUT2D eigenvalue weighted by Crippen LogP contribution is -2.07. The fourth-order valence-electron chi connectivity index (χ4n) is 1.39. The molecular formula is C11H10N2O5. The molecule has 0 saturated carbocycles. The number of aliphatic imine (C=N–C) groups is 1. The average Bonchev–Trinajstić information content (AvgIpc) is 2.38. The van der Waals surface area contributed by atoms with E-state index >= 15 is 0 Å². The molecular weight excluding hydrogens is 240 g/mol. The molecule has 0 aliphatic carbocycles. The van der Waals surface area contributed by atoms with Crippen LogP contribution < -0.4 is 0 Å². The molecule has 0 heterocycles. The van der Waals surface area contributed by atoms with E-state index < -0.39 is 16.9 Å². The number of hydrogen-bond donors (Lipinski definition) is 0. The number of isocyanates is 1. The van der Waals surface area contributed by atoms with E-state index in [0.717, 1.165) is 0 Å². The molecule has 1 atom stereocenters. The summed E-state index contributed by atoms with van der Waals surface area (Å²) in [4.78, 5) is 34.9. The van der Waals surface area contributed by atoms with E-state index in [9.17, 15) is 19.7 Å². The van der Waals surface area contributed by atoms with Crippen LogP contribution in [0.3, 0.4) is 0 Å². The van der Waals surface area contributed by atoms with Crippen molar-refractivity contribution in [2.75, 3.05) is 7.11 Å². The van der Waals surface area contributed by atoms with Crippen molar-refractivity contribution in [1.29, 1.82) is 0 Å². The zero-order chi connectivity index (χ0) is 13.5. The number of non-ortho nitro benzene ring substituents is 1. The predicted molar refractivity (Wildman–Crippen MR) is 60.6 cm³/mol. The summed E-state index contributed by atoms with van der Waals surface area (Å²) in [5.41, 5.74) is 0.251. The number of nitro groups is 1. The van der Waals surface area contributed by atoms with Crippen molar-refractivity contribution in [3.8, 4) is 0 Å². The van der Waals surface area contributed by atoms with Gasteiger partial charge in [0.15, 0.2) is 0 Å². The Morgan fingerprint density at radius 2 is 2.33 bits per heavy atom. The predicted octanol–water partition coefficient (Wildman–Crippen LogP) is 1.53. The first kappa shape index (κ1) is 13.5. The zero-order valence-corrected chi connectivity index (χ0v) is 9.53. The third-order valence-corrected chi connectivity index (χ3v) is 2.26. The first-order valence-electron chi connectivity index (χ1n) is 4.96. The molecule has 0 amide bonds. The zero-order valence-electron chi connectivity index (χ0n) is 9.53. The van der Waals surface area contributed by atoms with Crippen molar-refractivity contribution in [3.05, 3.63) is 39.9 Å². The molecule has 7 nitrogen and oxygen atoms in total. The maximum atomic E-state index is 11.1. The number of hydrogen-bond acceptors (Lipinski definition) is 6. The number of nitrogens with zero attached hydrogens (tertiary/aromatic N) is 2. The van der Waals surface area contributed by atoms with Gasteiger partial charge in [0, 0.05) is 12.1 Å². The molecule has 0 saturated heterocycles. The largest absolute Gasteiger partial charge is 0.469 e. The Kier molecular flexibility index (Phi) is 4.71. The van der Waals surface area contributed by atoms with Crippen LogP contribution in [0.2, 0.25) is 0 Å². The standard InChI is InChI=1S/C11H10N2O5/c1-18-11(15)6-10(12-7-14)8-3-2-4-9(5-8)13(16)17/h2-5,10H,6H2,1H3. The lowest BCUT2D eigenvalue weighted by Gasteiger charge is -2.09. The SMILES string of the molecule is COC(=O)CC(N=C=O)c1cccc([N+](=O)[O-])c1. The average molecular weight is 250 g/mol. The van der Waals surface area contributed by atoms with Crippen LogP contribution in [-0.2, 0) is 14.3 Å². The third-order valence-electron chi connectivity index (χ3n) is 2.26. The second-order valence-electron chi connectivity index (χ2n) is 3.37. The molecule has 0 spiro atoms. The van der Waals surface area contributed by atoms with Crippen LogP contribution >= 0.6 is 0 Å². The minimum atomic E-state index is -0.824. The van der Waals surface area contributed by atoms with Crippen molar-refractivity contribution in [3.63, 3.8) is 0 Å². The van der Waals surface area contributed by atoms with Crippen molar-refractivity contribution < 1.29 is 19.2 Å². The minimum absolute atomic E-state index is 0.136. The summed E-state index contributed by atoms with van der Waals surface area (Å²) < 4.78 is 4.46. The van der Waals surface area contributed by atoms with Gasteiger partial charge in [0.1, 0.15) is 0 Å². The molecule has 0 fully saturated rings. The number of carbonyl (C=O) groups excluding carboxylic acids is 2. The number of rotatable bonds is 5. The quantitative estimate of drug-likeness (QED) is 0.259. The summed E-state index contributed by atoms with van der Waals surface area (Å²) in [6, 6.07) is 4.74. The van der Waals surface area contributed by atoms with Gasteiger partial charge in [0.25, 0.3) is 5.69 Å². The van der Waals surface area contributed by atoms with Crippen LogP contribution in [0, 0.1) is 10.1 Å². The van der Waals surface area contributed by atoms with Crippen molar-refractivity contribution >= 4 is 17.7 Å². The maximum absolute atomic E-state index is 11.1. The Hall–Kier alpha value is -2.53. The highest BCUT2D eigenvalue weighted by molar-refractivity contribution is 5.70. The van der Waals surface area contributed by atoms with Gasteiger partial charge >= 0.3 is 5.97 Å². The Morgan fingerprint density at radius 1 is 1.61 bits per heavy atom. The van der Waals surface area contributed by atoms with Gasteiger partial charge in [-0.05, 0) is 5.56 Å². The number of esters is 1. The van der Waals surface area contributed by atoms with Gasteiger partial charge in [0.2, 0.25) is 6.08 Å². The van der Waals surface area contributed by atoms with Crippen LogP contribution in [0.5, 0.6) is 0 Å². The third kappa shape index (κ3) is 3.50. The first-order valence-corrected chi connectivity index (χ1v) is 4.96. The van der Waals surface area contributed by atoms with E-state index in [1.165, 1.54) is 31.4 Å². The van der Waals surface area contributed by atoms with E-state index in [0.29, 0.717) is 5.56 Å². The normalized spacial score (nSPS) is 11.2. The lowest BCUT2D eigenvalue weighted by molar-refractivity contribution is -0.384. The molecule has 1 aromatic rings. The van der Waals surface area contributed by atoms with E-state index in [1.807, 2.05) is 0 Å². The van der Waals surface area contributed by atoms with Crippen LogP contribution in [-0.4, -0.2) is 24.1 Å². The highest BCUT2D eigenvalue weighted by Gasteiger charge is 2.18. The van der Waals surface area contributed by atoms with Crippen molar-refractivity contribution in [2.45, 2.75) is 12.5 Å². The highest BCUT2D eigenvalue weighted by atomic mass is 16.6. The summed E-state index contributed by atoms with van der Waals surface area (Å²) >= 11 is 0. The molecule has 0 aliphatic rings. The van der Waals surface area contributed by atoms with Crippen molar-refractivity contribution in [1.82, 2.24) is 0 Å². The van der Waals surface area contributed by atoms with Crippen LogP contribution in [0.25, 0.3) is 0 Å². The maximum Gasteiger partial charge on any atom is 0.308 e. The minimum Gasteiger partial charge on any atom is -0.469 e. The molecule has 7 heteroatoms. The van der Waals surface area contributed by atoms with E-state index in [2.05, 4.69) is 9.73 Å². The van der Waals surface area contributed by atoms with E-state index in [-0.39, 0.29) is 12.1 Å². The molecule has 0 bridgehead atoms. The van der Waals surface area contributed by atoms with Gasteiger partial charge < -0.3 is 4.74 Å². The van der Waals surface area contributed by atoms with Gasteiger partial charge in [-0.1, -0.05) is 12.1 Å². The molecule has 0 N–H and O–H groups in total. The second kappa shape index (κ2) is 6.27. The summed E-state index contributed by atoms with van der Waals surface area (Å²) in [5.74, 6) is -0.564. The van der Waals surface area contributed by atoms with Crippen LogP contribution in [0.4, 0.5) is 5.69 Å². The Morgan fingerprint density at radius 3 is 2.89 bits per heavy atom. The van der Waals surface area contributed by atoms with Crippen LogP contribution in [0.1, 0.15) is 18.0 Å².